The molecule has 2 heterocycles. The summed E-state index contributed by atoms with van der Waals surface area (Å²) in [5, 5.41) is 1.20. The van der Waals surface area contributed by atoms with Gasteiger partial charge in [-0.25, -0.2) is 4.98 Å². The fourth-order valence-electron chi connectivity index (χ4n) is 1.81. The fraction of sp³-hybridized carbons (Fsp3) is 0.0714. The highest BCUT2D eigenvalue weighted by Crippen LogP contribution is 2.24. The van der Waals surface area contributed by atoms with E-state index in [9.17, 15) is 0 Å². The van der Waals surface area contributed by atoms with Crippen LogP contribution in [0.15, 0.2) is 48.8 Å². The molecule has 3 aromatic rings. The Kier molecular flexibility index (Phi) is 3.32. The van der Waals surface area contributed by atoms with Crippen LogP contribution in [-0.2, 0) is 6.61 Å². The van der Waals surface area contributed by atoms with Crippen LogP contribution in [0, 0.1) is 0 Å². The van der Waals surface area contributed by atoms with Crippen LogP contribution < -0.4 is 4.74 Å². The molecule has 19 heavy (non-hydrogen) atoms. The van der Waals surface area contributed by atoms with E-state index in [1.807, 2.05) is 47.1 Å². The number of benzene rings is 1. The molecule has 0 aliphatic carbocycles. The number of hydrogen-bond donors (Lipinski definition) is 0. The summed E-state index contributed by atoms with van der Waals surface area (Å²) >= 11 is 12.1. The fourth-order valence-corrected chi connectivity index (χ4v) is 2.22. The van der Waals surface area contributed by atoms with Gasteiger partial charge in [-0.15, -0.1) is 0 Å². The minimum atomic E-state index is 0.349. The zero-order chi connectivity index (χ0) is 13.2. The Morgan fingerprint density at radius 2 is 1.84 bits per heavy atom. The van der Waals surface area contributed by atoms with Crippen molar-refractivity contribution in [2.75, 3.05) is 0 Å². The lowest BCUT2D eigenvalue weighted by Crippen LogP contribution is -1.95. The van der Waals surface area contributed by atoms with Crippen molar-refractivity contribution in [2.45, 2.75) is 6.61 Å². The molecule has 0 spiro atoms. The zero-order valence-corrected chi connectivity index (χ0v) is 11.4. The van der Waals surface area contributed by atoms with Gasteiger partial charge >= 0.3 is 0 Å². The van der Waals surface area contributed by atoms with Crippen LogP contribution in [0.2, 0.25) is 10.0 Å². The Morgan fingerprint density at radius 3 is 2.63 bits per heavy atom. The van der Waals surface area contributed by atoms with Crippen LogP contribution in [0.1, 0.15) is 5.69 Å². The molecule has 0 fully saturated rings. The summed E-state index contributed by atoms with van der Waals surface area (Å²) in [6, 6.07) is 11.0. The Labute approximate surface area is 120 Å². The average molecular weight is 293 g/mol. The van der Waals surface area contributed by atoms with Crippen molar-refractivity contribution in [1.82, 2.24) is 9.38 Å². The van der Waals surface area contributed by atoms with Gasteiger partial charge in [0.2, 0.25) is 0 Å². The second-order valence-corrected chi connectivity index (χ2v) is 4.85. The summed E-state index contributed by atoms with van der Waals surface area (Å²) in [6.07, 6.45) is 3.78. The first-order valence-corrected chi connectivity index (χ1v) is 6.49. The second-order valence-electron chi connectivity index (χ2n) is 4.04. The lowest BCUT2D eigenvalue weighted by atomic mass is 10.3. The van der Waals surface area contributed by atoms with E-state index in [4.69, 9.17) is 27.9 Å². The summed E-state index contributed by atoms with van der Waals surface area (Å²) in [4.78, 5) is 4.42. The molecule has 3 nitrogen and oxygen atoms in total. The summed E-state index contributed by atoms with van der Waals surface area (Å²) < 4.78 is 7.51. The molecule has 0 aliphatic rings. The van der Waals surface area contributed by atoms with Gasteiger partial charge in [0.05, 0.1) is 15.7 Å². The minimum Gasteiger partial charge on any atom is -0.486 e. The quantitative estimate of drug-likeness (QED) is 0.722. The minimum absolute atomic E-state index is 0.349. The van der Waals surface area contributed by atoms with E-state index >= 15 is 0 Å². The van der Waals surface area contributed by atoms with E-state index in [0.717, 1.165) is 11.3 Å². The number of aromatic nitrogens is 2. The number of pyridine rings is 1. The van der Waals surface area contributed by atoms with Gasteiger partial charge in [0.1, 0.15) is 12.4 Å². The summed E-state index contributed by atoms with van der Waals surface area (Å²) in [5.41, 5.74) is 1.52. The average Bonchev–Trinajstić information content (AvgIpc) is 2.82. The first-order chi connectivity index (χ1) is 9.24. The highest BCUT2D eigenvalue weighted by atomic mass is 35.5. The van der Waals surface area contributed by atoms with Crippen molar-refractivity contribution in [3.05, 3.63) is 64.5 Å². The number of ether oxygens (including phenoxy) is 1. The number of hydrogen-bond acceptors (Lipinski definition) is 2. The van der Waals surface area contributed by atoms with Crippen LogP contribution in [0.5, 0.6) is 5.75 Å². The van der Waals surface area contributed by atoms with Crippen molar-refractivity contribution < 1.29 is 4.74 Å². The van der Waals surface area contributed by atoms with Crippen LogP contribution in [-0.4, -0.2) is 9.38 Å². The molecule has 0 radical (unpaired) electrons. The first-order valence-electron chi connectivity index (χ1n) is 5.73. The Hall–Kier alpha value is -1.71. The number of imidazole rings is 1. The van der Waals surface area contributed by atoms with Crippen LogP contribution in [0.25, 0.3) is 5.65 Å². The smallest absolute Gasteiger partial charge is 0.155 e. The molecule has 3 rings (SSSR count). The molecule has 0 bridgehead atoms. The molecular weight excluding hydrogens is 283 g/mol. The van der Waals surface area contributed by atoms with Crippen LogP contribution in [0.4, 0.5) is 0 Å². The summed E-state index contributed by atoms with van der Waals surface area (Å²) in [7, 11) is 0. The van der Waals surface area contributed by atoms with Gasteiger partial charge < -0.3 is 9.14 Å². The third-order valence-corrected chi connectivity index (χ3v) is 3.30. The van der Waals surface area contributed by atoms with Gasteiger partial charge in [-0.2, -0.15) is 0 Å². The maximum Gasteiger partial charge on any atom is 0.155 e. The number of rotatable bonds is 3. The van der Waals surface area contributed by atoms with Gasteiger partial charge in [0.25, 0.3) is 0 Å². The Bertz CT molecular complexity index is 724. The van der Waals surface area contributed by atoms with Crippen LogP contribution >= 0.6 is 23.2 Å². The normalized spacial score (nSPS) is 10.8. The maximum atomic E-state index is 6.07. The van der Waals surface area contributed by atoms with E-state index in [-0.39, 0.29) is 0 Å². The zero-order valence-electron chi connectivity index (χ0n) is 9.88. The molecule has 2 aromatic heterocycles. The monoisotopic (exact) mass is 292 g/mol. The molecule has 0 unspecified atom stereocenters. The SMILES string of the molecule is Clc1ccccc1OCc1cn2cccc(Cl)c2n1. The Balaban J connectivity index is 1.83. The van der Waals surface area contributed by atoms with Gasteiger partial charge in [-0.3, -0.25) is 0 Å². The molecule has 0 aliphatic heterocycles. The predicted octanol–water partition coefficient (Wildman–Crippen LogP) is 4.22. The van der Waals surface area contributed by atoms with E-state index in [1.165, 1.54) is 0 Å². The van der Waals surface area contributed by atoms with Crippen molar-refractivity contribution >= 4 is 28.8 Å². The van der Waals surface area contributed by atoms with Crippen molar-refractivity contribution in [3.8, 4) is 5.75 Å². The third kappa shape index (κ3) is 2.53. The van der Waals surface area contributed by atoms with Gasteiger partial charge in [-0.05, 0) is 24.3 Å². The lowest BCUT2D eigenvalue weighted by Gasteiger charge is -2.05. The maximum absolute atomic E-state index is 6.07. The second kappa shape index (κ2) is 5.11. The molecule has 0 amide bonds. The van der Waals surface area contributed by atoms with Crippen molar-refractivity contribution in [3.63, 3.8) is 0 Å². The van der Waals surface area contributed by atoms with Gasteiger partial charge in [-0.1, -0.05) is 35.3 Å². The molecule has 0 saturated heterocycles. The third-order valence-electron chi connectivity index (χ3n) is 2.70. The van der Waals surface area contributed by atoms with Crippen LogP contribution in [0.3, 0.4) is 0 Å². The highest BCUT2D eigenvalue weighted by Gasteiger charge is 2.06. The Morgan fingerprint density at radius 1 is 1.05 bits per heavy atom. The van der Waals surface area contributed by atoms with E-state index in [1.54, 1.807) is 6.07 Å². The molecule has 96 valence electrons. The first kappa shape index (κ1) is 12.3. The number of fused-ring (bicyclic) bond motifs is 1. The topological polar surface area (TPSA) is 26.5 Å². The standard InChI is InChI=1S/C14H10Cl2N2O/c15-11-4-1-2-6-13(11)19-9-10-8-18-7-3-5-12(16)14(18)17-10/h1-8H,9H2. The summed E-state index contributed by atoms with van der Waals surface area (Å²) in [5.74, 6) is 0.646. The highest BCUT2D eigenvalue weighted by molar-refractivity contribution is 6.33. The molecule has 0 saturated carbocycles. The molecular formula is C14H10Cl2N2O. The number of para-hydroxylation sites is 1. The lowest BCUT2D eigenvalue weighted by molar-refractivity contribution is 0.302. The molecule has 0 N–H and O–H groups in total. The predicted molar refractivity (Wildman–Crippen MR) is 76.0 cm³/mol. The molecule has 0 atom stereocenters. The molecule has 5 heteroatoms. The van der Waals surface area contributed by atoms with Gasteiger partial charge in [0, 0.05) is 12.4 Å². The van der Waals surface area contributed by atoms with E-state index in [2.05, 4.69) is 4.98 Å². The van der Waals surface area contributed by atoms with Crippen molar-refractivity contribution in [1.29, 1.82) is 0 Å². The van der Waals surface area contributed by atoms with E-state index < -0.39 is 0 Å². The largest absolute Gasteiger partial charge is 0.486 e. The van der Waals surface area contributed by atoms with Crippen molar-refractivity contribution in [2.24, 2.45) is 0 Å². The number of nitrogens with zero attached hydrogens (tertiary/aromatic N) is 2. The molecule has 1 aromatic carbocycles. The van der Waals surface area contributed by atoms with Gasteiger partial charge in [0.15, 0.2) is 5.65 Å². The number of halogens is 2. The summed E-state index contributed by atoms with van der Waals surface area (Å²) in [6.45, 7) is 0.349. The van der Waals surface area contributed by atoms with E-state index in [0.29, 0.717) is 22.4 Å².